The highest BCUT2D eigenvalue weighted by Crippen LogP contribution is 2.27. The van der Waals surface area contributed by atoms with Gasteiger partial charge in [-0.1, -0.05) is 18.9 Å². The van der Waals surface area contributed by atoms with Crippen LogP contribution in [0, 0.1) is 12.8 Å². The Kier molecular flexibility index (Phi) is 3.13. The predicted octanol–water partition coefficient (Wildman–Crippen LogP) is 3.44. The van der Waals surface area contributed by atoms with Crippen LogP contribution in [0.3, 0.4) is 0 Å². The molecule has 18 heavy (non-hydrogen) atoms. The fraction of sp³-hybridized carbons (Fsp3) is 0.467. The van der Waals surface area contributed by atoms with Crippen molar-refractivity contribution in [1.82, 2.24) is 14.5 Å². The van der Waals surface area contributed by atoms with Crippen molar-refractivity contribution in [1.29, 1.82) is 0 Å². The molecule has 0 atom stereocenters. The van der Waals surface area contributed by atoms with Crippen molar-refractivity contribution >= 4 is 0 Å². The second-order valence-corrected chi connectivity index (χ2v) is 5.22. The molecule has 0 saturated heterocycles. The van der Waals surface area contributed by atoms with Crippen molar-refractivity contribution in [2.75, 3.05) is 0 Å². The summed E-state index contributed by atoms with van der Waals surface area (Å²) in [5.41, 5.74) is 2.03. The van der Waals surface area contributed by atoms with Crippen LogP contribution < -0.4 is 0 Å². The standard InChI is InChI=1S/C15H19N3/c1-12-5-4-8-14(17-12)15-16-9-10-18(15)11-13-6-2-3-7-13/h4-5,8-10,13H,2-3,6-7,11H2,1H3. The van der Waals surface area contributed by atoms with E-state index in [1.165, 1.54) is 25.7 Å². The third kappa shape index (κ3) is 2.30. The first kappa shape index (κ1) is 11.5. The van der Waals surface area contributed by atoms with E-state index < -0.39 is 0 Å². The zero-order valence-electron chi connectivity index (χ0n) is 10.8. The Labute approximate surface area is 108 Å². The number of aryl methyl sites for hydroxylation is 1. The molecule has 0 aliphatic heterocycles. The molecule has 2 aromatic rings. The molecule has 1 aliphatic rings. The molecule has 0 unspecified atom stereocenters. The molecule has 94 valence electrons. The molecule has 1 aliphatic carbocycles. The Morgan fingerprint density at radius 2 is 2.11 bits per heavy atom. The van der Waals surface area contributed by atoms with E-state index in [-0.39, 0.29) is 0 Å². The van der Waals surface area contributed by atoms with Crippen molar-refractivity contribution in [2.24, 2.45) is 5.92 Å². The first-order chi connectivity index (χ1) is 8.83. The van der Waals surface area contributed by atoms with Crippen LogP contribution >= 0.6 is 0 Å². The van der Waals surface area contributed by atoms with Gasteiger partial charge >= 0.3 is 0 Å². The van der Waals surface area contributed by atoms with E-state index in [9.17, 15) is 0 Å². The van der Waals surface area contributed by atoms with Gasteiger partial charge in [-0.25, -0.2) is 9.97 Å². The highest BCUT2D eigenvalue weighted by Gasteiger charge is 2.17. The lowest BCUT2D eigenvalue weighted by Crippen LogP contribution is -2.08. The topological polar surface area (TPSA) is 30.7 Å². The van der Waals surface area contributed by atoms with Gasteiger partial charge in [0.25, 0.3) is 0 Å². The number of pyridine rings is 1. The predicted molar refractivity (Wildman–Crippen MR) is 72.2 cm³/mol. The van der Waals surface area contributed by atoms with Gasteiger partial charge in [0.05, 0.1) is 0 Å². The van der Waals surface area contributed by atoms with Crippen molar-refractivity contribution in [3.8, 4) is 11.5 Å². The van der Waals surface area contributed by atoms with E-state index in [1.54, 1.807) is 0 Å². The van der Waals surface area contributed by atoms with Gasteiger partial charge in [-0.15, -0.1) is 0 Å². The van der Waals surface area contributed by atoms with Gasteiger partial charge in [-0.3, -0.25) is 0 Å². The fourth-order valence-corrected chi connectivity index (χ4v) is 2.83. The van der Waals surface area contributed by atoms with Crippen LogP contribution in [0.5, 0.6) is 0 Å². The Morgan fingerprint density at radius 1 is 1.28 bits per heavy atom. The van der Waals surface area contributed by atoms with E-state index >= 15 is 0 Å². The third-order valence-corrected chi connectivity index (χ3v) is 3.76. The number of aromatic nitrogens is 3. The summed E-state index contributed by atoms with van der Waals surface area (Å²) in [5, 5.41) is 0. The summed E-state index contributed by atoms with van der Waals surface area (Å²) in [6.07, 6.45) is 9.46. The molecule has 0 spiro atoms. The summed E-state index contributed by atoms with van der Waals surface area (Å²) in [6, 6.07) is 6.11. The largest absolute Gasteiger partial charge is 0.329 e. The SMILES string of the molecule is Cc1cccc(-c2nccn2CC2CCCC2)n1. The minimum Gasteiger partial charge on any atom is -0.329 e. The van der Waals surface area contributed by atoms with E-state index in [4.69, 9.17) is 0 Å². The zero-order valence-corrected chi connectivity index (χ0v) is 10.8. The fourth-order valence-electron chi connectivity index (χ4n) is 2.83. The van der Waals surface area contributed by atoms with Gasteiger partial charge in [0.15, 0.2) is 5.82 Å². The highest BCUT2D eigenvalue weighted by atomic mass is 15.1. The van der Waals surface area contributed by atoms with Crippen LogP contribution in [0.25, 0.3) is 11.5 Å². The maximum Gasteiger partial charge on any atom is 0.158 e. The summed E-state index contributed by atoms with van der Waals surface area (Å²) >= 11 is 0. The molecule has 0 amide bonds. The quantitative estimate of drug-likeness (QED) is 0.824. The van der Waals surface area contributed by atoms with Crippen LogP contribution in [0.15, 0.2) is 30.6 Å². The molecule has 2 heterocycles. The van der Waals surface area contributed by atoms with E-state index in [1.807, 2.05) is 31.3 Å². The van der Waals surface area contributed by atoms with Gasteiger partial charge in [-0.2, -0.15) is 0 Å². The van der Waals surface area contributed by atoms with Crippen molar-refractivity contribution in [3.05, 3.63) is 36.3 Å². The first-order valence-electron chi connectivity index (χ1n) is 6.78. The van der Waals surface area contributed by atoms with E-state index in [0.29, 0.717) is 0 Å². The number of hydrogen-bond acceptors (Lipinski definition) is 2. The van der Waals surface area contributed by atoms with Crippen LogP contribution in [0.4, 0.5) is 0 Å². The summed E-state index contributed by atoms with van der Waals surface area (Å²) < 4.78 is 2.26. The van der Waals surface area contributed by atoms with E-state index in [0.717, 1.165) is 29.7 Å². The maximum atomic E-state index is 4.57. The normalized spacial score (nSPS) is 16.3. The highest BCUT2D eigenvalue weighted by molar-refractivity contribution is 5.49. The summed E-state index contributed by atoms with van der Waals surface area (Å²) in [4.78, 5) is 9.04. The molecule has 3 rings (SSSR count). The smallest absolute Gasteiger partial charge is 0.158 e. The molecule has 0 N–H and O–H groups in total. The molecule has 3 heteroatoms. The minimum absolute atomic E-state index is 0.822. The van der Waals surface area contributed by atoms with Crippen molar-refractivity contribution < 1.29 is 0 Å². The average molecular weight is 241 g/mol. The van der Waals surface area contributed by atoms with Crippen LogP contribution in [0.1, 0.15) is 31.4 Å². The molecule has 0 radical (unpaired) electrons. The molecule has 1 fully saturated rings. The molecular weight excluding hydrogens is 222 g/mol. The molecule has 2 aromatic heterocycles. The second-order valence-electron chi connectivity index (χ2n) is 5.22. The van der Waals surface area contributed by atoms with Gasteiger partial charge in [-0.05, 0) is 37.8 Å². The van der Waals surface area contributed by atoms with Crippen LogP contribution in [-0.2, 0) is 6.54 Å². The number of rotatable bonds is 3. The number of imidazole rings is 1. The minimum atomic E-state index is 0.822. The molecule has 0 aromatic carbocycles. The van der Waals surface area contributed by atoms with Crippen molar-refractivity contribution in [3.63, 3.8) is 0 Å². The third-order valence-electron chi connectivity index (χ3n) is 3.76. The lowest BCUT2D eigenvalue weighted by molar-refractivity contribution is 0.459. The molecule has 0 bridgehead atoms. The Morgan fingerprint density at radius 3 is 2.89 bits per heavy atom. The number of nitrogens with zero attached hydrogens (tertiary/aromatic N) is 3. The van der Waals surface area contributed by atoms with Gasteiger partial charge in [0.1, 0.15) is 5.69 Å². The summed E-state index contributed by atoms with van der Waals surface area (Å²) in [7, 11) is 0. The van der Waals surface area contributed by atoms with Crippen LogP contribution in [0.2, 0.25) is 0 Å². The van der Waals surface area contributed by atoms with Gasteiger partial charge in [0, 0.05) is 24.6 Å². The Hall–Kier alpha value is -1.64. The van der Waals surface area contributed by atoms with E-state index in [2.05, 4.69) is 20.7 Å². The number of hydrogen-bond donors (Lipinski definition) is 0. The van der Waals surface area contributed by atoms with Gasteiger partial charge < -0.3 is 4.57 Å². The Balaban J connectivity index is 1.86. The lowest BCUT2D eigenvalue weighted by Gasteiger charge is -2.12. The Bertz CT molecular complexity index is 524. The zero-order chi connectivity index (χ0) is 12.4. The molecule has 1 saturated carbocycles. The molecule has 3 nitrogen and oxygen atoms in total. The van der Waals surface area contributed by atoms with Crippen LogP contribution in [-0.4, -0.2) is 14.5 Å². The summed E-state index contributed by atoms with van der Waals surface area (Å²) in [6.45, 7) is 3.11. The first-order valence-corrected chi connectivity index (χ1v) is 6.78. The second kappa shape index (κ2) is 4.92. The molecular formula is C15H19N3. The monoisotopic (exact) mass is 241 g/mol. The average Bonchev–Trinajstić information content (AvgIpc) is 3.01. The van der Waals surface area contributed by atoms with Gasteiger partial charge in [0.2, 0.25) is 0 Å². The summed E-state index contributed by atoms with van der Waals surface area (Å²) in [5.74, 6) is 1.83. The maximum absolute atomic E-state index is 4.57. The lowest BCUT2D eigenvalue weighted by atomic mass is 10.1. The van der Waals surface area contributed by atoms with Crippen molar-refractivity contribution in [2.45, 2.75) is 39.2 Å².